The number of carbonyl (C=O) groups excluding carboxylic acids is 3. The number of aliphatic hydroxyl groups is 2. The molecule has 0 spiro atoms. The monoisotopic (exact) mass is 1260 g/mol. The van der Waals surface area contributed by atoms with Crippen molar-refractivity contribution in [2.24, 2.45) is 12.5 Å². The highest BCUT2D eigenvalue weighted by molar-refractivity contribution is 8.14. The Labute approximate surface area is 495 Å². The van der Waals surface area contributed by atoms with E-state index in [-0.39, 0.29) is 47.4 Å². The van der Waals surface area contributed by atoms with Crippen LogP contribution in [0.3, 0.4) is 0 Å². The summed E-state index contributed by atoms with van der Waals surface area (Å²) in [7, 11) is -14.5. The molecule has 0 bridgehead atoms. The number of aliphatic hydroxyl groups excluding tert-OH is 2. The highest BCUT2D eigenvalue weighted by Crippen LogP contribution is 2.61. The average Bonchev–Trinajstić information content (AvgIpc) is 3.17. The van der Waals surface area contributed by atoms with Crippen molar-refractivity contribution in [2.75, 3.05) is 37.8 Å². The fourth-order valence-corrected chi connectivity index (χ4v) is 13.4. The normalized spacial score (nSPS) is 18.3. The van der Waals surface area contributed by atoms with Gasteiger partial charge in [0.05, 0.1) is 41.6 Å². The van der Waals surface area contributed by atoms with Gasteiger partial charge < -0.3 is 60.0 Å². The molecule has 1 aliphatic rings. The van der Waals surface area contributed by atoms with Gasteiger partial charge in [0.1, 0.15) is 47.9 Å². The zero-order valence-corrected chi connectivity index (χ0v) is 50.6. The van der Waals surface area contributed by atoms with E-state index in [0.717, 1.165) is 103 Å². The van der Waals surface area contributed by atoms with E-state index in [1.165, 1.54) is 13.8 Å². The molecule has 2 amide bonds. The number of carbonyl (C=O) groups is 3. The van der Waals surface area contributed by atoms with Crippen LogP contribution < -0.4 is 16.4 Å². The van der Waals surface area contributed by atoms with Gasteiger partial charge in [0.25, 0.3) is 0 Å². The van der Waals surface area contributed by atoms with Crippen molar-refractivity contribution in [3.8, 4) is 22.5 Å². The van der Waals surface area contributed by atoms with Crippen molar-refractivity contribution in [3.63, 3.8) is 0 Å². The molecule has 7 unspecified atom stereocenters. The predicted octanol–water partition coefficient (Wildman–Crippen LogP) is 5.86. The van der Waals surface area contributed by atoms with E-state index in [0.29, 0.717) is 12.1 Å². The maximum atomic E-state index is 13.6. The lowest BCUT2D eigenvalue weighted by Gasteiger charge is -2.30. The molecule has 9 rings (SSSR count). The molecule has 1 saturated heterocycles. The first kappa shape index (κ1) is 63.9. The number of rotatable bonds is 26. The Balaban J connectivity index is 0.714. The minimum Gasteiger partial charge on any atom is -0.386 e. The maximum absolute atomic E-state index is 13.6. The molecule has 32 heteroatoms. The molecule has 7 atom stereocenters. The van der Waals surface area contributed by atoms with E-state index in [4.69, 9.17) is 29.5 Å². The number of fused-ring (bicyclic) bond motifs is 3. The molecule has 4 aromatic carbocycles. The van der Waals surface area contributed by atoms with Crippen molar-refractivity contribution in [2.45, 2.75) is 84.1 Å². The van der Waals surface area contributed by atoms with Gasteiger partial charge in [0, 0.05) is 61.8 Å². The number of phosphoric acid groups is 3. The smallest absolute Gasteiger partial charge is 0.386 e. The summed E-state index contributed by atoms with van der Waals surface area (Å²) in [5.41, 5.74) is 13.4. The van der Waals surface area contributed by atoms with Crippen molar-refractivity contribution < 1.29 is 80.5 Å². The molecule has 8 aromatic rings. The quantitative estimate of drug-likeness (QED) is 0.0226. The second kappa shape index (κ2) is 26.4. The number of anilines is 1. The number of para-hydroxylation sites is 2. The third kappa shape index (κ3) is 14.8. The number of imidazole rings is 3. The maximum Gasteiger partial charge on any atom is 0.481 e. The number of ether oxygens (including phenoxy) is 1. The third-order valence-corrected chi connectivity index (χ3v) is 18.1. The summed E-state index contributed by atoms with van der Waals surface area (Å²) in [6, 6.07) is 27.8. The molecule has 1 aliphatic heterocycles. The second-order valence-corrected chi connectivity index (χ2v) is 26.3. The predicted molar refractivity (Wildman–Crippen MR) is 316 cm³/mol. The van der Waals surface area contributed by atoms with E-state index in [2.05, 4.69) is 87.7 Å². The summed E-state index contributed by atoms with van der Waals surface area (Å²) in [4.78, 5) is 101. The van der Waals surface area contributed by atoms with E-state index in [9.17, 15) is 57.9 Å². The number of thioether (sulfide) groups is 1. The molecule has 10 N–H and O–H groups in total. The van der Waals surface area contributed by atoms with Crippen LogP contribution in [0.15, 0.2) is 97.6 Å². The first-order valence-electron chi connectivity index (χ1n) is 26.9. The van der Waals surface area contributed by atoms with Gasteiger partial charge in [0.15, 0.2) is 17.7 Å². The highest BCUT2D eigenvalue weighted by Gasteiger charge is 2.50. The van der Waals surface area contributed by atoms with Gasteiger partial charge in [-0.1, -0.05) is 87.1 Å². The van der Waals surface area contributed by atoms with E-state index in [1.807, 2.05) is 49.5 Å². The largest absolute Gasteiger partial charge is 0.481 e. The van der Waals surface area contributed by atoms with Crippen molar-refractivity contribution in [1.82, 2.24) is 49.3 Å². The van der Waals surface area contributed by atoms with Gasteiger partial charge in [-0.05, 0) is 65.9 Å². The Bertz CT molecular complexity index is 3970. The molecular weight excluding hydrogens is 1200 g/mol. The summed E-state index contributed by atoms with van der Waals surface area (Å²) >= 11 is 1.03. The SMILES string of the molecule is CCCc1nc2c(C)cc(-c3nc4ccccc4n3C)cc2n1Cc1ccc(-c2ccccc2C(=O)SCCNC(=O)CCNC(=O)C(O)C(C)(C)COP(=O)(O)OP(=O)(O)OCC2OC(n3cnc4c(N)ncnc43)C(O)C2OP(=O)(O)O)cc1. The third-order valence-electron chi connectivity index (χ3n) is 14.1. The number of aryl methyl sites for hydroxylation is 3. The van der Waals surface area contributed by atoms with Crippen LogP contribution in [-0.2, 0) is 65.9 Å². The van der Waals surface area contributed by atoms with Crippen LogP contribution in [0.4, 0.5) is 5.82 Å². The minimum atomic E-state index is -5.62. The standard InChI is InChI=1S/C54H64N11O17P3S/c1-6-11-41-62-43-31(2)24-34(49-61-37-14-9-10-15-38(37)63(49)5)25-39(43)64(41)26-32-16-18-33(19-17-32)35-12-7-8-13-36(35)53(70)86-23-22-56-42(66)20-21-57-51(69)47(68)54(3,4)28-79-85(76,77)82-84(74,75)78-27-40-46(81-83(71,72)73)45(67)52(80-40)65-30-60-44-48(55)58-29-59-50(44)65/h7-10,12-19,24-25,29-30,40,45-47,52,67-68H,6,11,20-23,26-28H2,1-5H3,(H,56,66)(H,57,69)(H,74,75)(H,76,77)(H2,55,58,59)(H2,71,72,73). The number of phosphoric ester groups is 3. The van der Waals surface area contributed by atoms with Gasteiger partial charge in [-0.2, -0.15) is 4.31 Å². The van der Waals surface area contributed by atoms with Crippen LogP contribution in [0.25, 0.3) is 55.7 Å². The lowest BCUT2D eigenvalue weighted by Crippen LogP contribution is -2.46. The van der Waals surface area contributed by atoms with Crippen LogP contribution in [0.5, 0.6) is 0 Å². The first-order valence-corrected chi connectivity index (χ1v) is 32.4. The van der Waals surface area contributed by atoms with Gasteiger partial charge >= 0.3 is 23.5 Å². The molecule has 458 valence electrons. The number of nitrogens with one attached hydrogen (secondary N) is 2. The Morgan fingerprint density at radius 1 is 0.872 bits per heavy atom. The number of nitrogen functional groups attached to an aromatic ring is 1. The number of hydrogen-bond acceptors (Lipinski definition) is 20. The summed E-state index contributed by atoms with van der Waals surface area (Å²) in [6.45, 7) is 5.13. The molecule has 0 radical (unpaired) electrons. The molecule has 1 fully saturated rings. The van der Waals surface area contributed by atoms with Gasteiger partial charge in [0.2, 0.25) is 16.9 Å². The Kier molecular flexibility index (Phi) is 19.6. The Morgan fingerprint density at radius 2 is 1.59 bits per heavy atom. The van der Waals surface area contributed by atoms with Crippen molar-refractivity contribution >= 4 is 91.2 Å². The van der Waals surface area contributed by atoms with Gasteiger partial charge in [-0.3, -0.25) is 32.5 Å². The number of benzene rings is 4. The van der Waals surface area contributed by atoms with Gasteiger partial charge in [-0.25, -0.2) is 38.6 Å². The van der Waals surface area contributed by atoms with Gasteiger partial charge in [-0.15, -0.1) is 0 Å². The summed E-state index contributed by atoms with van der Waals surface area (Å²) < 4.78 is 67.4. The Hall–Kier alpha value is -6.62. The minimum absolute atomic E-state index is 0.0237. The molecule has 5 heterocycles. The highest BCUT2D eigenvalue weighted by atomic mass is 32.2. The molecule has 4 aromatic heterocycles. The molecule has 0 aliphatic carbocycles. The molecule has 28 nitrogen and oxygen atoms in total. The van der Waals surface area contributed by atoms with Crippen LogP contribution in [0, 0.1) is 12.3 Å². The fourth-order valence-electron chi connectivity index (χ4n) is 9.80. The number of amides is 2. The summed E-state index contributed by atoms with van der Waals surface area (Å²) in [5.74, 6) is 0.586. The zero-order chi connectivity index (χ0) is 61.9. The fraction of sp³-hybridized carbons (Fsp3) is 0.370. The first-order chi connectivity index (χ1) is 40.7. The lowest BCUT2D eigenvalue weighted by atomic mass is 9.87. The van der Waals surface area contributed by atoms with E-state index >= 15 is 0 Å². The number of hydrogen-bond donors (Lipinski definition) is 9. The number of nitrogens with two attached hydrogens (primary N) is 1. The topological polar surface area (TPSA) is 399 Å². The summed E-state index contributed by atoms with van der Waals surface area (Å²) in [6.07, 6.45) is -5.34. The number of aromatic nitrogens is 8. The average molecular weight is 1260 g/mol. The second-order valence-electron chi connectivity index (χ2n) is 21.0. The van der Waals surface area contributed by atoms with Crippen LogP contribution in [0.2, 0.25) is 0 Å². The van der Waals surface area contributed by atoms with Crippen LogP contribution in [-0.4, -0.2) is 142 Å². The zero-order valence-electron chi connectivity index (χ0n) is 47.1. The number of nitrogens with zero attached hydrogens (tertiary/aromatic N) is 8. The van der Waals surface area contributed by atoms with E-state index < -0.39 is 84.6 Å². The lowest BCUT2D eigenvalue weighted by molar-refractivity contribution is -0.137. The molecule has 86 heavy (non-hydrogen) atoms. The van der Waals surface area contributed by atoms with Crippen LogP contribution >= 0.6 is 35.2 Å². The van der Waals surface area contributed by atoms with E-state index in [1.54, 1.807) is 12.1 Å². The molecular formula is C54H64N11O17P3S. The van der Waals surface area contributed by atoms with Crippen LogP contribution in [0.1, 0.15) is 67.2 Å². The summed E-state index contributed by atoms with van der Waals surface area (Å²) in [5, 5.41) is 26.7. The van der Waals surface area contributed by atoms with Crippen molar-refractivity contribution in [1.29, 1.82) is 0 Å². The Morgan fingerprint density at radius 3 is 2.33 bits per heavy atom. The molecule has 0 saturated carbocycles. The van der Waals surface area contributed by atoms with Crippen molar-refractivity contribution in [3.05, 3.63) is 120 Å².